The fourth-order valence-corrected chi connectivity index (χ4v) is 4.55. The molecule has 2 unspecified atom stereocenters. The van der Waals surface area contributed by atoms with E-state index >= 15 is 0 Å². The fourth-order valence-electron chi connectivity index (χ4n) is 2.08. The van der Waals surface area contributed by atoms with Gasteiger partial charge in [0.2, 0.25) is 0 Å². The summed E-state index contributed by atoms with van der Waals surface area (Å²) in [6, 6.07) is 4.79. The van der Waals surface area contributed by atoms with Gasteiger partial charge >= 0.3 is 0 Å². The molecule has 1 heterocycles. The van der Waals surface area contributed by atoms with Crippen molar-refractivity contribution >= 4 is 33.4 Å². The zero-order valence-electron chi connectivity index (χ0n) is 9.97. The number of non-ortho nitro benzene ring substituents is 1. The highest BCUT2D eigenvalue weighted by molar-refractivity contribution is 9.09. The summed E-state index contributed by atoms with van der Waals surface area (Å²) in [5.74, 6) is 3.42. The number of nitro benzene ring substituents is 1. The van der Waals surface area contributed by atoms with Crippen molar-refractivity contribution in [1.29, 1.82) is 0 Å². The number of nitrogens with zero attached hydrogens (tertiary/aromatic N) is 1. The molecule has 0 radical (unpaired) electrons. The van der Waals surface area contributed by atoms with Crippen LogP contribution in [-0.4, -0.2) is 28.4 Å². The first-order valence-corrected chi connectivity index (χ1v) is 7.72. The number of rotatable bonds is 4. The summed E-state index contributed by atoms with van der Waals surface area (Å²) in [6.07, 6.45) is 0.813. The Kier molecular flexibility index (Phi) is 4.50. The minimum atomic E-state index is -0.363. The Morgan fingerprint density at radius 2 is 2.33 bits per heavy atom. The van der Waals surface area contributed by atoms with Crippen LogP contribution in [0.3, 0.4) is 0 Å². The standard InChI is InChI=1S/C12H14BrNO3S/c1-17-12-3-2-10(14(15)16)5-8(12)4-9-6-18-7-11(9)13/h2-3,5,9,11H,4,6-7H2,1H3. The van der Waals surface area contributed by atoms with Gasteiger partial charge in [-0.05, 0) is 24.2 Å². The van der Waals surface area contributed by atoms with E-state index in [-0.39, 0.29) is 10.6 Å². The maximum Gasteiger partial charge on any atom is 0.269 e. The van der Waals surface area contributed by atoms with Crippen molar-refractivity contribution in [3.8, 4) is 5.75 Å². The Bertz CT molecular complexity index is 455. The quantitative estimate of drug-likeness (QED) is 0.482. The molecule has 0 amide bonds. The summed E-state index contributed by atoms with van der Waals surface area (Å²) in [4.78, 5) is 10.9. The van der Waals surface area contributed by atoms with E-state index in [4.69, 9.17) is 4.74 Å². The van der Waals surface area contributed by atoms with E-state index in [9.17, 15) is 10.1 Å². The molecule has 0 N–H and O–H groups in total. The summed E-state index contributed by atoms with van der Waals surface area (Å²) in [6.45, 7) is 0. The molecule has 18 heavy (non-hydrogen) atoms. The van der Waals surface area contributed by atoms with Gasteiger partial charge in [0.1, 0.15) is 5.75 Å². The monoisotopic (exact) mass is 331 g/mol. The molecule has 98 valence electrons. The van der Waals surface area contributed by atoms with E-state index in [0.29, 0.717) is 10.7 Å². The molecule has 4 nitrogen and oxygen atoms in total. The largest absolute Gasteiger partial charge is 0.496 e. The maximum atomic E-state index is 10.8. The summed E-state index contributed by atoms with van der Waals surface area (Å²) >= 11 is 5.57. The van der Waals surface area contributed by atoms with Crippen LogP contribution in [-0.2, 0) is 6.42 Å². The first-order valence-electron chi connectivity index (χ1n) is 5.65. The number of ether oxygens (including phenoxy) is 1. The normalized spacial score (nSPS) is 23.0. The van der Waals surface area contributed by atoms with Crippen LogP contribution < -0.4 is 4.74 Å². The second-order valence-corrected chi connectivity index (χ2v) is 6.52. The number of hydrogen-bond donors (Lipinski definition) is 0. The van der Waals surface area contributed by atoms with Crippen LogP contribution in [0.5, 0.6) is 5.75 Å². The highest BCUT2D eigenvalue weighted by Gasteiger charge is 2.27. The second kappa shape index (κ2) is 5.93. The Hall–Kier alpha value is -0.750. The predicted octanol–water partition coefficient (Wildman–Crippen LogP) is 3.27. The Morgan fingerprint density at radius 1 is 1.56 bits per heavy atom. The molecular weight excluding hydrogens is 318 g/mol. The molecule has 1 aromatic rings. The lowest BCUT2D eigenvalue weighted by Gasteiger charge is -2.15. The average Bonchev–Trinajstić information content (AvgIpc) is 2.75. The van der Waals surface area contributed by atoms with Gasteiger partial charge < -0.3 is 4.74 Å². The fraction of sp³-hybridized carbons (Fsp3) is 0.500. The van der Waals surface area contributed by atoms with Gasteiger partial charge in [-0.25, -0.2) is 0 Å². The molecule has 6 heteroatoms. The molecule has 1 aliphatic rings. The highest BCUT2D eigenvalue weighted by atomic mass is 79.9. The summed E-state index contributed by atoms with van der Waals surface area (Å²) in [5, 5.41) is 10.8. The van der Waals surface area contributed by atoms with E-state index in [1.165, 1.54) is 6.07 Å². The van der Waals surface area contributed by atoms with Gasteiger partial charge in [-0.15, -0.1) is 0 Å². The van der Waals surface area contributed by atoms with E-state index in [1.807, 2.05) is 11.8 Å². The van der Waals surface area contributed by atoms with Crippen LogP contribution in [0.1, 0.15) is 5.56 Å². The van der Waals surface area contributed by atoms with E-state index in [0.717, 1.165) is 29.2 Å². The van der Waals surface area contributed by atoms with Crippen LogP contribution in [0.15, 0.2) is 18.2 Å². The topological polar surface area (TPSA) is 52.4 Å². The number of methoxy groups -OCH3 is 1. The summed E-state index contributed by atoms with van der Waals surface area (Å²) < 4.78 is 5.28. The summed E-state index contributed by atoms with van der Waals surface area (Å²) in [5.41, 5.74) is 1.05. The van der Waals surface area contributed by atoms with Crippen molar-refractivity contribution in [2.75, 3.05) is 18.6 Å². The van der Waals surface area contributed by atoms with Gasteiger partial charge in [-0.2, -0.15) is 11.8 Å². The zero-order chi connectivity index (χ0) is 13.1. The Labute approximate surface area is 118 Å². The molecule has 0 aliphatic carbocycles. The van der Waals surface area contributed by atoms with Gasteiger partial charge in [-0.3, -0.25) is 10.1 Å². The molecule has 1 saturated heterocycles. The number of nitro groups is 1. The van der Waals surface area contributed by atoms with Crippen LogP contribution in [0.2, 0.25) is 0 Å². The zero-order valence-corrected chi connectivity index (χ0v) is 12.4. The molecule has 1 fully saturated rings. The summed E-state index contributed by atoms with van der Waals surface area (Å²) in [7, 11) is 1.60. The van der Waals surface area contributed by atoms with Crippen LogP contribution in [0.4, 0.5) is 5.69 Å². The molecular formula is C12H14BrNO3S. The van der Waals surface area contributed by atoms with Crippen molar-refractivity contribution in [3.05, 3.63) is 33.9 Å². The van der Waals surface area contributed by atoms with Crippen molar-refractivity contribution in [2.24, 2.45) is 5.92 Å². The van der Waals surface area contributed by atoms with E-state index < -0.39 is 0 Å². The number of hydrogen-bond acceptors (Lipinski definition) is 4. The lowest BCUT2D eigenvalue weighted by atomic mass is 9.97. The van der Waals surface area contributed by atoms with Crippen LogP contribution in [0, 0.1) is 16.0 Å². The molecule has 0 saturated carbocycles. The SMILES string of the molecule is COc1ccc([N+](=O)[O-])cc1CC1CSCC1Br. The van der Waals surface area contributed by atoms with Gasteiger partial charge in [0.15, 0.2) is 0 Å². The third-order valence-electron chi connectivity index (χ3n) is 3.08. The van der Waals surface area contributed by atoms with Crippen molar-refractivity contribution in [3.63, 3.8) is 0 Å². The van der Waals surface area contributed by atoms with Crippen molar-refractivity contribution in [2.45, 2.75) is 11.2 Å². The van der Waals surface area contributed by atoms with E-state index in [2.05, 4.69) is 15.9 Å². The average molecular weight is 332 g/mol. The van der Waals surface area contributed by atoms with Gasteiger partial charge in [0.05, 0.1) is 12.0 Å². The number of benzene rings is 1. The number of halogens is 1. The van der Waals surface area contributed by atoms with Gasteiger partial charge in [0.25, 0.3) is 5.69 Å². The maximum absolute atomic E-state index is 10.8. The smallest absolute Gasteiger partial charge is 0.269 e. The Morgan fingerprint density at radius 3 is 2.89 bits per heavy atom. The highest BCUT2D eigenvalue weighted by Crippen LogP contribution is 2.35. The van der Waals surface area contributed by atoms with Crippen molar-refractivity contribution < 1.29 is 9.66 Å². The number of alkyl halides is 1. The predicted molar refractivity (Wildman–Crippen MR) is 76.9 cm³/mol. The van der Waals surface area contributed by atoms with E-state index in [1.54, 1.807) is 19.2 Å². The van der Waals surface area contributed by atoms with Crippen LogP contribution in [0.25, 0.3) is 0 Å². The third kappa shape index (κ3) is 2.98. The molecule has 0 spiro atoms. The molecule has 0 bridgehead atoms. The molecule has 1 aliphatic heterocycles. The van der Waals surface area contributed by atoms with Gasteiger partial charge in [-0.1, -0.05) is 15.9 Å². The first kappa shape index (κ1) is 13.7. The van der Waals surface area contributed by atoms with Crippen LogP contribution >= 0.6 is 27.7 Å². The Balaban J connectivity index is 2.23. The molecule has 1 aromatic carbocycles. The van der Waals surface area contributed by atoms with Crippen molar-refractivity contribution in [1.82, 2.24) is 0 Å². The second-order valence-electron chi connectivity index (χ2n) is 4.27. The third-order valence-corrected chi connectivity index (χ3v) is 5.84. The minimum Gasteiger partial charge on any atom is -0.496 e. The molecule has 0 aromatic heterocycles. The molecule has 2 rings (SSSR count). The number of thioether (sulfide) groups is 1. The minimum absolute atomic E-state index is 0.127. The van der Waals surface area contributed by atoms with Gasteiger partial charge in [0, 0.05) is 28.3 Å². The lowest BCUT2D eigenvalue weighted by Crippen LogP contribution is -2.14. The first-order chi connectivity index (χ1) is 8.61. The molecule has 2 atom stereocenters. The lowest BCUT2D eigenvalue weighted by molar-refractivity contribution is -0.384.